The highest BCUT2D eigenvalue weighted by molar-refractivity contribution is 7.98. The maximum Gasteiger partial charge on any atom is 0.00926 e. The van der Waals surface area contributed by atoms with E-state index in [-0.39, 0.29) is 0 Å². The lowest BCUT2D eigenvalue weighted by Gasteiger charge is -2.22. The molecule has 0 aliphatic heterocycles. The largest absolute Gasteiger partial charge is 0.314 e. The summed E-state index contributed by atoms with van der Waals surface area (Å²) in [6.45, 7) is 3.63. The fraction of sp³-hybridized carbons (Fsp3) is 1.00. The Hall–Kier alpha value is 0.310. The van der Waals surface area contributed by atoms with Gasteiger partial charge in [0, 0.05) is 6.04 Å². The molecule has 14 heavy (non-hydrogen) atoms. The Labute approximate surface area is 93.4 Å². The molecular weight excluding hydrogens is 190 g/mol. The summed E-state index contributed by atoms with van der Waals surface area (Å²) in [6, 6.07) is 0.805. The van der Waals surface area contributed by atoms with E-state index >= 15 is 0 Å². The molecule has 0 spiro atoms. The topological polar surface area (TPSA) is 12.0 Å². The van der Waals surface area contributed by atoms with Gasteiger partial charge < -0.3 is 5.32 Å². The molecule has 2 unspecified atom stereocenters. The zero-order chi connectivity index (χ0) is 10.2. The van der Waals surface area contributed by atoms with Crippen LogP contribution in [-0.2, 0) is 0 Å². The Morgan fingerprint density at radius 1 is 1.21 bits per heavy atom. The zero-order valence-electron chi connectivity index (χ0n) is 9.72. The van der Waals surface area contributed by atoms with E-state index in [9.17, 15) is 0 Å². The van der Waals surface area contributed by atoms with Crippen LogP contribution in [0.25, 0.3) is 0 Å². The van der Waals surface area contributed by atoms with Crippen molar-refractivity contribution in [1.82, 2.24) is 5.32 Å². The third-order valence-corrected chi connectivity index (χ3v) is 3.99. The Kier molecular flexibility index (Phi) is 6.70. The second-order valence-electron chi connectivity index (χ2n) is 4.52. The van der Waals surface area contributed by atoms with Gasteiger partial charge in [0.2, 0.25) is 0 Å². The van der Waals surface area contributed by atoms with Gasteiger partial charge in [-0.2, -0.15) is 11.8 Å². The monoisotopic (exact) mass is 215 g/mol. The molecule has 0 aromatic heterocycles. The third kappa shape index (κ3) is 4.70. The maximum absolute atomic E-state index is 3.73. The molecule has 0 radical (unpaired) electrons. The summed E-state index contributed by atoms with van der Waals surface area (Å²) in [7, 11) is 0. The minimum Gasteiger partial charge on any atom is -0.314 e. The third-order valence-electron chi connectivity index (χ3n) is 3.29. The van der Waals surface area contributed by atoms with Crippen molar-refractivity contribution in [2.75, 3.05) is 18.6 Å². The van der Waals surface area contributed by atoms with Gasteiger partial charge in [0.05, 0.1) is 0 Å². The van der Waals surface area contributed by atoms with Crippen molar-refractivity contribution < 1.29 is 0 Å². The minimum absolute atomic E-state index is 0.805. The van der Waals surface area contributed by atoms with E-state index in [1.54, 1.807) is 0 Å². The van der Waals surface area contributed by atoms with Crippen LogP contribution in [0.4, 0.5) is 0 Å². The van der Waals surface area contributed by atoms with Gasteiger partial charge in [-0.3, -0.25) is 0 Å². The fourth-order valence-corrected chi connectivity index (χ4v) is 2.73. The first-order valence-corrected chi connectivity index (χ1v) is 7.46. The molecule has 0 aromatic rings. The molecule has 1 nitrogen and oxygen atoms in total. The van der Waals surface area contributed by atoms with E-state index in [0.717, 1.165) is 12.0 Å². The first-order valence-electron chi connectivity index (χ1n) is 6.07. The van der Waals surface area contributed by atoms with Crippen molar-refractivity contribution in [3.63, 3.8) is 0 Å². The van der Waals surface area contributed by atoms with Crippen molar-refractivity contribution in [2.24, 2.45) is 5.92 Å². The quantitative estimate of drug-likeness (QED) is 0.558. The summed E-state index contributed by atoms with van der Waals surface area (Å²) in [4.78, 5) is 0. The van der Waals surface area contributed by atoms with Gasteiger partial charge in [-0.1, -0.05) is 26.2 Å². The van der Waals surface area contributed by atoms with Crippen LogP contribution in [0, 0.1) is 5.92 Å². The van der Waals surface area contributed by atoms with E-state index in [1.165, 1.54) is 50.8 Å². The van der Waals surface area contributed by atoms with Crippen molar-refractivity contribution in [3.05, 3.63) is 0 Å². The normalized spacial score (nSPS) is 28.7. The molecule has 2 heteroatoms. The summed E-state index contributed by atoms with van der Waals surface area (Å²) in [5, 5.41) is 3.73. The first-order chi connectivity index (χ1) is 6.84. The Morgan fingerprint density at radius 2 is 2.00 bits per heavy atom. The van der Waals surface area contributed by atoms with Crippen LogP contribution in [0.2, 0.25) is 0 Å². The number of rotatable bonds is 5. The van der Waals surface area contributed by atoms with Crippen LogP contribution >= 0.6 is 11.8 Å². The van der Waals surface area contributed by atoms with Crippen LogP contribution in [0.1, 0.15) is 45.4 Å². The highest BCUT2D eigenvalue weighted by atomic mass is 32.2. The first kappa shape index (κ1) is 12.4. The molecule has 0 aromatic carbocycles. The van der Waals surface area contributed by atoms with Crippen LogP contribution in [-0.4, -0.2) is 24.6 Å². The molecular formula is C12H25NS. The van der Waals surface area contributed by atoms with Gasteiger partial charge in [-0.15, -0.1) is 0 Å². The average molecular weight is 215 g/mol. The Balaban J connectivity index is 2.13. The summed E-state index contributed by atoms with van der Waals surface area (Å²) >= 11 is 1.95. The molecule has 0 heterocycles. The van der Waals surface area contributed by atoms with Crippen molar-refractivity contribution >= 4 is 11.8 Å². The molecule has 1 N–H and O–H groups in total. The highest BCUT2D eigenvalue weighted by Crippen LogP contribution is 2.22. The molecule has 0 amide bonds. The number of thioether (sulfide) groups is 1. The summed E-state index contributed by atoms with van der Waals surface area (Å²) in [6.07, 6.45) is 10.7. The minimum atomic E-state index is 0.805. The molecule has 1 fully saturated rings. The second kappa shape index (κ2) is 7.58. The van der Waals surface area contributed by atoms with Crippen LogP contribution in [0.3, 0.4) is 0 Å². The number of hydrogen-bond acceptors (Lipinski definition) is 2. The molecule has 1 aliphatic rings. The van der Waals surface area contributed by atoms with Crippen molar-refractivity contribution in [3.8, 4) is 0 Å². The van der Waals surface area contributed by atoms with Gasteiger partial charge in [0.25, 0.3) is 0 Å². The lowest BCUT2D eigenvalue weighted by Crippen LogP contribution is -2.35. The van der Waals surface area contributed by atoms with Crippen molar-refractivity contribution in [2.45, 2.75) is 51.5 Å². The lowest BCUT2D eigenvalue weighted by atomic mass is 9.97. The highest BCUT2D eigenvalue weighted by Gasteiger charge is 2.18. The van der Waals surface area contributed by atoms with Crippen LogP contribution in [0.15, 0.2) is 0 Å². The number of hydrogen-bond donors (Lipinski definition) is 1. The number of nitrogens with one attached hydrogen (secondary N) is 1. The van der Waals surface area contributed by atoms with Gasteiger partial charge in [-0.25, -0.2) is 0 Å². The predicted octanol–water partition coefficient (Wildman–Crippen LogP) is 3.30. The van der Waals surface area contributed by atoms with Gasteiger partial charge in [-0.05, 0) is 43.7 Å². The zero-order valence-corrected chi connectivity index (χ0v) is 10.5. The van der Waals surface area contributed by atoms with Crippen LogP contribution in [0.5, 0.6) is 0 Å². The van der Waals surface area contributed by atoms with Gasteiger partial charge in [0.1, 0.15) is 0 Å². The van der Waals surface area contributed by atoms with E-state index in [4.69, 9.17) is 0 Å². The summed E-state index contributed by atoms with van der Waals surface area (Å²) in [5.41, 5.74) is 0. The molecule has 0 saturated heterocycles. The molecule has 1 aliphatic carbocycles. The molecule has 84 valence electrons. The SMILES string of the molecule is CSCCCNC1CCCCCC1C. The summed E-state index contributed by atoms with van der Waals surface area (Å²) < 4.78 is 0. The average Bonchev–Trinajstić information content (AvgIpc) is 2.39. The lowest BCUT2D eigenvalue weighted by molar-refractivity contribution is 0.359. The second-order valence-corrected chi connectivity index (χ2v) is 5.51. The van der Waals surface area contributed by atoms with E-state index in [0.29, 0.717) is 0 Å². The van der Waals surface area contributed by atoms with Gasteiger partial charge in [0.15, 0.2) is 0 Å². The van der Waals surface area contributed by atoms with Crippen molar-refractivity contribution in [1.29, 1.82) is 0 Å². The van der Waals surface area contributed by atoms with E-state index < -0.39 is 0 Å². The van der Waals surface area contributed by atoms with Gasteiger partial charge >= 0.3 is 0 Å². The maximum atomic E-state index is 3.73. The van der Waals surface area contributed by atoms with E-state index in [1.807, 2.05) is 11.8 Å². The molecule has 1 saturated carbocycles. The molecule has 2 atom stereocenters. The summed E-state index contributed by atoms with van der Waals surface area (Å²) in [5.74, 6) is 2.19. The smallest absolute Gasteiger partial charge is 0.00926 e. The Morgan fingerprint density at radius 3 is 2.79 bits per heavy atom. The Bertz CT molecular complexity index is 138. The molecule has 1 rings (SSSR count). The molecule has 0 bridgehead atoms. The van der Waals surface area contributed by atoms with Crippen LogP contribution < -0.4 is 5.32 Å². The standard InChI is InChI=1S/C12H25NS/c1-11-7-4-3-5-8-12(11)13-9-6-10-14-2/h11-13H,3-10H2,1-2H3. The van der Waals surface area contributed by atoms with E-state index in [2.05, 4.69) is 18.5 Å². The fourth-order valence-electron chi connectivity index (χ4n) is 2.30. The predicted molar refractivity (Wildman–Crippen MR) is 67.0 cm³/mol.